The summed E-state index contributed by atoms with van der Waals surface area (Å²) in [6.45, 7) is 6.66. The molecule has 1 aromatic rings. The molecule has 0 aliphatic carbocycles. The molecule has 1 amide bonds. The first kappa shape index (κ1) is 16.7. The summed E-state index contributed by atoms with van der Waals surface area (Å²) in [5.41, 5.74) is 6.71. The lowest BCUT2D eigenvalue weighted by atomic mass is 9.98. The first-order valence-electron chi connectivity index (χ1n) is 6.59. The molecule has 1 aromatic carbocycles. The van der Waals surface area contributed by atoms with Gasteiger partial charge in [0.05, 0.1) is 5.41 Å². The van der Waals surface area contributed by atoms with Crippen molar-refractivity contribution in [3.63, 3.8) is 0 Å². The van der Waals surface area contributed by atoms with Crippen molar-refractivity contribution in [1.29, 1.82) is 0 Å². The van der Waals surface area contributed by atoms with Gasteiger partial charge in [-0.1, -0.05) is 17.3 Å². The second kappa shape index (κ2) is 6.88. The highest BCUT2D eigenvalue weighted by atomic mass is 16.7. The van der Waals surface area contributed by atoms with Crippen molar-refractivity contribution in [3.8, 4) is 0 Å². The lowest BCUT2D eigenvalue weighted by Gasteiger charge is -2.13. The third kappa shape index (κ3) is 6.07. The number of hydrogen-bond acceptors (Lipinski definition) is 4. The van der Waals surface area contributed by atoms with Gasteiger partial charge in [-0.2, -0.15) is 0 Å². The molecule has 0 unspecified atom stereocenters. The SMILES string of the molecule is CC(=O)Nc1ccc(C/C(N)=N/OC(=O)C(C)(C)C)cc1. The molecule has 0 aromatic heterocycles. The van der Waals surface area contributed by atoms with E-state index in [1.165, 1.54) is 6.92 Å². The van der Waals surface area contributed by atoms with Crippen molar-refractivity contribution < 1.29 is 14.4 Å². The number of oxime groups is 1. The average molecular weight is 291 g/mol. The molecule has 0 fully saturated rings. The maximum Gasteiger partial charge on any atom is 0.340 e. The van der Waals surface area contributed by atoms with Crippen LogP contribution in [0.4, 0.5) is 5.69 Å². The number of nitrogens with two attached hydrogens (primary N) is 1. The van der Waals surface area contributed by atoms with E-state index >= 15 is 0 Å². The minimum atomic E-state index is -0.621. The normalized spacial score (nSPS) is 11.9. The summed E-state index contributed by atoms with van der Waals surface area (Å²) in [4.78, 5) is 27.2. The summed E-state index contributed by atoms with van der Waals surface area (Å²) >= 11 is 0. The molecule has 0 radical (unpaired) electrons. The second-order valence-electron chi connectivity index (χ2n) is 5.77. The molecule has 6 heteroatoms. The maximum atomic E-state index is 11.5. The Morgan fingerprint density at radius 3 is 2.29 bits per heavy atom. The second-order valence-corrected chi connectivity index (χ2v) is 5.77. The number of carbonyl (C=O) groups is 2. The van der Waals surface area contributed by atoms with Crippen LogP contribution < -0.4 is 11.1 Å². The number of amidine groups is 1. The lowest BCUT2D eigenvalue weighted by molar-refractivity contribution is -0.153. The molecule has 0 aliphatic rings. The Bertz CT molecular complexity index is 542. The van der Waals surface area contributed by atoms with Gasteiger partial charge in [0.25, 0.3) is 0 Å². The fourth-order valence-electron chi connectivity index (χ4n) is 1.39. The molecule has 0 aliphatic heterocycles. The fourth-order valence-corrected chi connectivity index (χ4v) is 1.39. The number of carbonyl (C=O) groups excluding carboxylic acids is 2. The van der Waals surface area contributed by atoms with E-state index in [0.29, 0.717) is 12.1 Å². The van der Waals surface area contributed by atoms with E-state index in [1.54, 1.807) is 32.9 Å². The quantitative estimate of drug-likeness (QED) is 0.384. The Morgan fingerprint density at radius 2 is 1.81 bits per heavy atom. The summed E-state index contributed by atoms with van der Waals surface area (Å²) in [5, 5.41) is 6.30. The van der Waals surface area contributed by atoms with Crippen LogP contribution in [0.3, 0.4) is 0 Å². The Morgan fingerprint density at radius 1 is 1.24 bits per heavy atom. The predicted molar refractivity (Wildman–Crippen MR) is 81.6 cm³/mol. The van der Waals surface area contributed by atoms with Crippen molar-refractivity contribution in [1.82, 2.24) is 0 Å². The molecule has 1 rings (SSSR count). The molecule has 0 atom stereocenters. The lowest BCUT2D eigenvalue weighted by Crippen LogP contribution is -2.23. The standard InChI is InChI=1S/C15H21N3O3/c1-10(19)17-12-7-5-11(6-8-12)9-13(16)18-21-14(20)15(2,3)4/h5-8H,9H2,1-4H3,(H2,16,18)(H,17,19). The molecular weight excluding hydrogens is 270 g/mol. The zero-order chi connectivity index (χ0) is 16.0. The zero-order valence-electron chi connectivity index (χ0n) is 12.8. The van der Waals surface area contributed by atoms with Gasteiger partial charge < -0.3 is 15.9 Å². The van der Waals surface area contributed by atoms with E-state index in [1.807, 2.05) is 12.1 Å². The van der Waals surface area contributed by atoms with E-state index in [0.717, 1.165) is 5.56 Å². The van der Waals surface area contributed by atoms with Gasteiger partial charge in [-0.15, -0.1) is 0 Å². The zero-order valence-corrected chi connectivity index (χ0v) is 12.8. The van der Waals surface area contributed by atoms with E-state index in [4.69, 9.17) is 10.6 Å². The number of benzene rings is 1. The van der Waals surface area contributed by atoms with Gasteiger partial charge in [0.2, 0.25) is 5.91 Å². The van der Waals surface area contributed by atoms with Gasteiger partial charge >= 0.3 is 5.97 Å². The molecule has 21 heavy (non-hydrogen) atoms. The predicted octanol–water partition coefficient (Wildman–Crippen LogP) is 2.05. The van der Waals surface area contributed by atoms with E-state index in [-0.39, 0.29) is 11.7 Å². The van der Waals surface area contributed by atoms with Crippen molar-refractivity contribution in [3.05, 3.63) is 29.8 Å². The van der Waals surface area contributed by atoms with Crippen LogP contribution in [-0.4, -0.2) is 17.7 Å². The number of hydrogen-bond donors (Lipinski definition) is 2. The monoisotopic (exact) mass is 291 g/mol. The molecule has 0 spiro atoms. The van der Waals surface area contributed by atoms with Crippen molar-refractivity contribution >= 4 is 23.4 Å². The van der Waals surface area contributed by atoms with Crippen LogP contribution >= 0.6 is 0 Å². The van der Waals surface area contributed by atoms with Gasteiger partial charge in [-0.05, 0) is 38.5 Å². The van der Waals surface area contributed by atoms with Gasteiger partial charge in [0.15, 0.2) is 0 Å². The molecule has 0 saturated heterocycles. The largest absolute Gasteiger partial charge is 0.384 e. The highest BCUT2D eigenvalue weighted by Gasteiger charge is 2.23. The van der Waals surface area contributed by atoms with Crippen LogP contribution in [0.1, 0.15) is 33.3 Å². The van der Waals surface area contributed by atoms with Crippen LogP contribution in [0.15, 0.2) is 29.4 Å². The molecule has 0 heterocycles. The van der Waals surface area contributed by atoms with Crippen LogP contribution in [-0.2, 0) is 20.8 Å². The summed E-state index contributed by atoms with van der Waals surface area (Å²) in [7, 11) is 0. The van der Waals surface area contributed by atoms with Gasteiger partial charge in [0, 0.05) is 19.0 Å². The summed E-state index contributed by atoms with van der Waals surface area (Å²) in [6.07, 6.45) is 0.359. The number of amides is 1. The Labute approximate surface area is 124 Å². The molecule has 0 saturated carbocycles. The van der Waals surface area contributed by atoms with Crippen LogP contribution in [0.5, 0.6) is 0 Å². The summed E-state index contributed by atoms with van der Waals surface area (Å²) < 4.78 is 0. The average Bonchev–Trinajstić information content (AvgIpc) is 2.36. The molecule has 114 valence electrons. The summed E-state index contributed by atoms with van der Waals surface area (Å²) in [5.74, 6) is -0.357. The smallest absolute Gasteiger partial charge is 0.340 e. The molecule has 0 bridgehead atoms. The minimum Gasteiger partial charge on any atom is -0.384 e. The van der Waals surface area contributed by atoms with Crippen molar-refractivity contribution in [2.75, 3.05) is 5.32 Å². The number of nitrogens with one attached hydrogen (secondary N) is 1. The number of nitrogens with zero attached hydrogens (tertiary/aromatic N) is 1. The van der Waals surface area contributed by atoms with Gasteiger partial charge in [-0.3, -0.25) is 4.79 Å². The van der Waals surface area contributed by atoms with Crippen LogP contribution in [0.25, 0.3) is 0 Å². The molecule has 3 N–H and O–H groups in total. The summed E-state index contributed by atoms with van der Waals surface area (Å²) in [6, 6.07) is 7.18. The number of rotatable bonds is 4. The minimum absolute atomic E-state index is 0.127. The van der Waals surface area contributed by atoms with Crippen LogP contribution in [0, 0.1) is 5.41 Å². The van der Waals surface area contributed by atoms with Crippen molar-refractivity contribution in [2.45, 2.75) is 34.1 Å². The third-order valence-electron chi connectivity index (χ3n) is 2.52. The molecule has 6 nitrogen and oxygen atoms in total. The van der Waals surface area contributed by atoms with Gasteiger partial charge in [-0.25, -0.2) is 4.79 Å². The third-order valence-corrected chi connectivity index (χ3v) is 2.52. The fraction of sp³-hybridized carbons (Fsp3) is 0.400. The first-order valence-corrected chi connectivity index (χ1v) is 6.59. The Balaban J connectivity index is 2.60. The Kier molecular flexibility index (Phi) is 5.46. The van der Waals surface area contributed by atoms with Crippen molar-refractivity contribution in [2.24, 2.45) is 16.3 Å². The highest BCUT2D eigenvalue weighted by molar-refractivity contribution is 5.88. The molecular formula is C15H21N3O3. The topological polar surface area (TPSA) is 93.8 Å². The van der Waals surface area contributed by atoms with E-state index in [2.05, 4.69) is 10.5 Å². The maximum absolute atomic E-state index is 11.5. The first-order chi connectivity index (χ1) is 9.68. The van der Waals surface area contributed by atoms with E-state index < -0.39 is 11.4 Å². The van der Waals surface area contributed by atoms with Crippen LogP contribution in [0.2, 0.25) is 0 Å². The number of anilines is 1. The van der Waals surface area contributed by atoms with Gasteiger partial charge in [0.1, 0.15) is 5.84 Å². The Hall–Kier alpha value is -2.37. The van der Waals surface area contributed by atoms with E-state index in [9.17, 15) is 9.59 Å². The highest BCUT2D eigenvalue weighted by Crippen LogP contribution is 2.15.